The highest BCUT2D eigenvalue weighted by Gasteiger charge is 2.64. The van der Waals surface area contributed by atoms with E-state index in [9.17, 15) is 10.3 Å². The third-order valence-electron chi connectivity index (χ3n) is 7.52. The molecule has 2 bridgehead atoms. The minimum atomic E-state index is -0.756. The van der Waals surface area contributed by atoms with Gasteiger partial charge in [0.15, 0.2) is 0 Å². The van der Waals surface area contributed by atoms with Crippen LogP contribution < -0.4 is 4.74 Å². The van der Waals surface area contributed by atoms with Crippen LogP contribution in [-0.4, -0.2) is 52.8 Å². The zero-order valence-electron chi connectivity index (χ0n) is 15.4. The van der Waals surface area contributed by atoms with Crippen molar-refractivity contribution in [3.05, 3.63) is 29.3 Å². The molecule has 1 aliphatic heterocycles. The molecule has 26 heavy (non-hydrogen) atoms. The van der Waals surface area contributed by atoms with Crippen LogP contribution in [0, 0.1) is 5.92 Å². The number of methoxy groups -OCH3 is 1. The molecule has 3 fully saturated rings. The van der Waals surface area contributed by atoms with E-state index in [1.54, 1.807) is 7.11 Å². The molecule has 140 valence electrons. The van der Waals surface area contributed by atoms with E-state index < -0.39 is 5.60 Å². The van der Waals surface area contributed by atoms with Crippen molar-refractivity contribution in [3.63, 3.8) is 0 Å². The van der Waals surface area contributed by atoms with Gasteiger partial charge in [-0.05, 0) is 74.2 Å². The predicted octanol–water partition coefficient (Wildman–Crippen LogP) is 2.72. The fourth-order valence-corrected chi connectivity index (χ4v) is 5.96. The number of likely N-dealkylation sites (tertiary alicyclic amines) is 1. The second kappa shape index (κ2) is 5.70. The molecule has 3 atom stereocenters. The van der Waals surface area contributed by atoms with Crippen LogP contribution in [0.15, 0.2) is 23.4 Å². The zero-order valence-corrected chi connectivity index (χ0v) is 15.4. The maximum atomic E-state index is 12.1. The summed E-state index contributed by atoms with van der Waals surface area (Å²) in [6.45, 7) is 2.13. The molecule has 5 rings (SSSR count). The summed E-state index contributed by atoms with van der Waals surface area (Å²) in [5, 5.41) is 25.1. The molecule has 0 amide bonds. The first-order chi connectivity index (χ1) is 12.6. The molecule has 2 saturated carbocycles. The molecule has 1 heterocycles. The van der Waals surface area contributed by atoms with Gasteiger partial charge in [0.2, 0.25) is 0 Å². The molecule has 2 N–H and O–H groups in total. The minimum Gasteiger partial charge on any atom is -0.497 e. The molecule has 1 saturated heterocycles. The van der Waals surface area contributed by atoms with Crippen LogP contribution in [-0.2, 0) is 11.8 Å². The van der Waals surface area contributed by atoms with E-state index in [4.69, 9.17) is 4.74 Å². The van der Waals surface area contributed by atoms with Crippen LogP contribution in [0.4, 0.5) is 0 Å². The number of hydrogen-bond donors (Lipinski definition) is 2. The Labute approximate surface area is 154 Å². The van der Waals surface area contributed by atoms with Crippen molar-refractivity contribution in [2.24, 2.45) is 11.1 Å². The van der Waals surface area contributed by atoms with Crippen molar-refractivity contribution in [1.82, 2.24) is 4.90 Å². The lowest BCUT2D eigenvalue weighted by Crippen LogP contribution is -2.73. The van der Waals surface area contributed by atoms with Crippen molar-refractivity contribution in [1.29, 1.82) is 0 Å². The molecule has 5 heteroatoms. The van der Waals surface area contributed by atoms with Gasteiger partial charge >= 0.3 is 0 Å². The fourth-order valence-electron chi connectivity index (χ4n) is 5.96. The van der Waals surface area contributed by atoms with Crippen molar-refractivity contribution in [2.75, 3.05) is 20.2 Å². The summed E-state index contributed by atoms with van der Waals surface area (Å²) in [7, 11) is 1.69. The highest BCUT2D eigenvalue weighted by Crippen LogP contribution is 2.58. The highest BCUT2D eigenvalue weighted by atomic mass is 16.5. The molecule has 4 aliphatic rings. The standard InChI is InChI=1S/C21H28N2O3/c1-26-17-5-4-15-10-19-21(24)7-6-16(22-25)12-20(21,18(15)11-17)8-9-23(19)13-14-2-3-14/h4-5,11,14,19,24-25H,2-3,6-10,12-13H2,1H3/t19-,20-,21-/m1/s1. The topological polar surface area (TPSA) is 65.3 Å². The van der Waals surface area contributed by atoms with Crippen LogP contribution in [0.25, 0.3) is 0 Å². The number of nitrogens with zero attached hydrogens (tertiary/aromatic N) is 2. The molecule has 0 spiro atoms. The van der Waals surface area contributed by atoms with E-state index in [0.29, 0.717) is 19.3 Å². The van der Waals surface area contributed by atoms with Gasteiger partial charge in [0, 0.05) is 24.4 Å². The average Bonchev–Trinajstić information content (AvgIpc) is 3.47. The Hall–Kier alpha value is -1.59. The van der Waals surface area contributed by atoms with Crippen LogP contribution in [0.5, 0.6) is 5.75 Å². The van der Waals surface area contributed by atoms with Crippen LogP contribution in [0.1, 0.15) is 49.7 Å². The Morgan fingerprint density at radius 2 is 2.15 bits per heavy atom. The first-order valence-electron chi connectivity index (χ1n) is 9.93. The van der Waals surface area contributed by atoms with Gasteiger partial charge < -0.3 is 15.1 Å². The molecule has 0 aromatic heterocycles. The molecular weight excluding hydrogens is 328 g/mol. The summed E-state index contributed by atoms with van der Waals surface area (Å²) in [6.07, 6.45) is 6.48. The van der Waals surface area contributed by atoms with Crippen LogP contribution in [0.3, 0.4) is 0 Å². The van der Waals surface area contributed by atoms with Crippen molar-refractivity contribution >= 4 is 5.71 Å². The quantitative estimate of drug-likeness (QED) is 0.646. The Morgan fingerprint density at radius 1 is 1.31 bits per heavy atom. The van der Waals surface area contributed by atoms with Gasteiger partial charge in [-0.2, -0.15) is 0 Å². The van der Waals surface area contributed by atoms with E-state index in [1.807, 2.05) is 6.07 Å². The number of rotatable bonds is 3. The number of benzene rings is 1. The van der Waals surface area contributed by atoms with E-state index in [0.717, 1.165) is 43.3 Å². The fraction of sp³-hybridized carbons (Fsp3) is 0.667. The lowest BCUT2D eigenvalue weighted by Gasteiger charge is -2.63. The number of piperidine rings is 1. The summed E-state index contributed by atoms with van der Waals surface area (Å²) in [5.74, 6) is 1.66. The third-order valence-corrected chi connectivity index (χ3v) is 7.52. The van der Waals surface area contributed by atoms with Crippen LogP contribution in [0.2, 0.25) is 0 Å². The summed E-state index contributed by atoms with van der Waals surface area (Å²) in [6, 6.07) is 6.49. The van der Waals surface area contributed by atoms with E-state index in [2.05, 4.69) is 22.2 Å². The smallest absolute Gasteiger partial charge is 0.119 e. The maximum absolute atomic E-state index is 12.1. The zero-order chi connectivity index (χ0) is 17.9. The van der Waals surface area contributed by atoms with E-state index >= 15 is 0 Å². The van der Waals surface area contributed by atoms with Gasteiger partial charge in [0.25, 0.3) is 0 Å². The number of ether oxygens (including phenoxy) is 1. The Kier molecular flexibility index (Phi) is 3.63. The van der Waals surface area contributed by atoms with Gasteiger partial charge in [-0.25, -0.2) is 0 Å². The summed E-state index contributed by atoms with van der Waals surface area (Å²) >= 11 is 0. The molecule has 0 unspecified atom stereocenters. The predicted molar refractivity (Wildman–Crippen MR) is 99.1 cm³/mol. The van der Waals surface area contributed by atoms with Crippen molar-refractivity contribution in [3.8, 4) is 5.75 Å². The van der Waals surface area contributed by atoms with Crippen molar-refractivity contribution in [2.45, 2.75) is 62.0 Å². The molecule has 0 radical (unpaired) electrons. The Morgan fingerprint density at radius 3 is 2.88 bits per heavy atom. The first kappa shape index (κ1) is 16.6. The normalized spacial score (nSPS) is 37.9. The number of aliphatic hydroxyl groups is 1. The van der Waals surface area contributed by atoms with E-state index in [-0.39, 0.29) is 11.5 Å². The summed E-state index contributed by atoms with van der Waals surface area (Å²) < 4.78 is 5.49. The number of fused-ring (bicyclic) bond motifs is 1. The maximum Gasteiger partial charge on any atom is 0.119 e. The molecular formula is C21H28N2O3. The third kappa shape index (κ3) is 2.20. The lowest BCUT2D eigenvalue weighted by molar-refractivity contribution is -0.154. The second-order valence-corrected chi connectivity index (χ2v) is 8.78. The minimum absolute atomic E-state index is 0.165. The monoisotopic (exact) mass is 356 g/mol. The molecule has 3 aliphatic carbocycles. The van der Waals surface area contributed by atoms with Gasteiger partial charge in [-0.3, -0.25) is 4.90 Å². The summed E-state index contributed by atoms with van der Waals surface area (Å²) in [5.41, 5.74) is 2.23. The van der Waals surface area contributed by atoms with Gasteiger partial charge in [0.1, 0.15) is 5.75 Å². The lowest BCUT2D eigenvalue weighted by atomic mass is 9.49. The van der Waals surface area contributed by atoms with Crippen LogP contribution >= 0.6 is 0 Å². The molecule has 1 aromatic rings. The van der Waals surface area contributed by atoms with Gasteiger partial charge in [0.05, 0.1) is 18.4 Å². The van der Waals surface area contributed by atoms with Crippen molar-refractivity contribution < 1.29 is 15.1 Å². The SMILES string of the molecule is COc1ccc2c(c1)[C@]13CCN(CC4CC4)[C@H](C2)[C@]1(O)CCC(=NO)C3. The first-order valence-corrected chi connectivity index (χ1v) is 9.93. The second-order valence-electron chi connectivity index (χ2n) is 8.78. The van der Waals surface area contributed by atoms with E-state index in [1.165, 1.54) is 24.0 Å². The number of hydrogen-bond acceptors (Lipinski definition) is 5. The average molecular weight is 356 g/mol. The highest BCUT2D eigenvalue weighted by molar-refractivity contribution is 5.87. The van der Waals surface area contributed by atoms with Gasteiger partial charge in [-0.15, -0.1) is 0 Å². The largest absolute Gasteiger partial charge is 0.497 e. The summed E-state index contributed by atoms with van der Waals surface area (Å²) in [4.78, 5) is 2.56. The Balaban J connectivity index is 1.64. The Bertz CT molecular complexity index is 760. The van der Waals surface area contributed by atoms with Gasteiger partial charge in [-0.1, -0.05) is 11.2 Å². The number of oxime groups is 1. The molecule has 5 nitrogen and oxygen atoms in total. The molecule has 1 aromatic carbocycles.